The summed E-state index contributed by atoms with van der Waals surface area (Å²) in [6.07, 6.45) is -7.33. The molecule has 1 heterocycles. The summed E-state index contributed by atoms with van der Waals surface area (Å²) in [5.41, 5.74) is -0.661. The molecule has 0 amide bonds. The second-order valence-corrected chi connectivity index (χ2v) is 4.86. The third-order valence-electron chi connectivity index (χ3n) is 3.39. The van der Waals surface area contributed by atoms with Crippen LogP contribution in [0.5, 0.6) is 5.75 Å². The zero-order valence-corrected chi connectivity index (χ0v) is 11.6. The molecule has 1 aromatic carbocycles. The fraction of sp³-hybridized carbons (Fsp3) is 0.462. The van der Waals surface area contributed by atoms with Gasteiger partial charge in [0, 0.05) is 12.1 Å². The van der Waals surface area contributed by atoms with Crippen LogP contribution in [0.1, 0.15) is 5.56 Å². The maximum atomic E-state index is 10.8. The predicted octanol–water partition coefficient (Wildman–Crippen LogP) is -1.35. The molecule has 10 heteroatoms. The van der Waals surface area contributed by atoms with Gasteiger partial charge in [0.1, 0.15) is 41.8 Å². The lowest BCUT2D eigenvalue weighted by atomic mass is 9.99. The lowest BCUT2D eigenvalue weighted by Gasteiger charge is -2.39. The first-order valence-corrected chi connectivity index (χ1v) is 6.54. The van der Waals surface area contributed by atoms with E-state index in [1.165, 1.54) is 6.07 Å². The molecule has 0 aromatic heterocycles. The van der Waals surface area contributed by atoms with Gasteiger partial charge in [0.25, 0.3) is 5.69 Å². The number of nitrogens with zero attached hydrogens (tertiary/aromatic N) is 2. The molecule has 0 saturated carbocycles. The standard InChI is InChI=1S/C13H14N2O8/c14-4-6-3-7(1-2-8(6)15(20)21)22-13-12(19)11(18)10(17)9(5-16)23-13/h1-3,9-13,16-19H,5H2/t9?,10?,11-,12?,13?/m1/s1. The van der Waals surface area contributed by atoms with Gasteiger partial charge >= 0.3 is 0 Å². The molecule has 4 unspecified atom stereocenters. The third kappa shape index (κ3) is 3.39. The fourth-order valence-corrected chi connectivity index (χ4v) is 2.14. The number of hydrogen-bond donors (Lipinski definition) is 4. The van der Waals surface area contributed by atoms with Crippen molar-refractivity contribution in [3.05, 3.63) is 33.9 Å². The molecule has 0 aliphatic carbocycles. The number of aliphatic hydroxyl groups is 4. The van der Waals surface area contributed by atoms with Gasteiger partial charge in [-0.1, -0.05) is 0 Å². The molecule has 2 rings (SSSR count). The molecule has 1 saturated heterocycles. The molecule has 0 radical (unpaired) electrons. The topological polar surface area (TPSA) is 166 Å². The molecule has 5 atom stereocenters. The molecule has 4 N–H and O–H groups in total. The van der Waals surface area contributed by atoms with Crippen LogP contribution in [0.15, 0.2) is 18.2 Å². The van der Waals surface area contributed by atoms with Gasteiger partial charge in [-0.15, -0.1) is 0 Å². The van der Waals surface area contributed by atoms with Gasteiger partial charge < -0.3 is 29.9 Å². The largest absolute Gasteiger partial charge is 0.462 e. The molecule has 10 nitrogen and oxygen atoms in total. The molecule has 1 aliphatic rings. The number of ether oxygens (including phenoxy) is 2. The van der Waals surface area contributed by atoms with E-state index in [0.29, 0.717) is 0 Å². The Morgan fingerprint density at radius 2 is 2.00 bits per heavy atom. The second kappa shape index (κ2) is 6.86. The van der Waals surface area contributed by atoms with E-state index in [0.717, 1.165) is 12.1 Å². The summed E-state index contributed by atoms with van der Waals surface area (Å²) in [5, 5.41) is 57.9. The van der Waals surface area contributed by atoms with Crippen LogP contribution in [0.4, 0.5) is 5.69 Å². The van der Waals surface area contributed by atoms with Crippen molar-refractivity contribution in [3.8, 4) is 11.8 Å². The number of benzene rings is 1. The van der Waals surface area contributed by atoms with E-state index in [4.69, 9.17) is 19.8 Å². The van der Waals surface area contributed by atoms with Crippen LogP contribution in [-0.2, 0) is 4.74 Å². The Labute approximate surface area is 129 Å². The molecular weight excluding hydrogens is 312 g/mol. The van der Waals surface area contributed by atoms with Crippen LogP contribution in [0, 0.1) is 21.4 Å². The Hall–Kier alpha value is -2.29. The Balaban J connectivity index is 2.21. The van der Waals surface area contributed by atoms with Crippen molar-refractivity contribution in [2.24, 2.45) is 0 Å². The Morgan fingerprint density at radius 3 is 2.57 bits per heavy atom. The number of rotatable bonds is 4. The van der Waals surface area contributed by atoms with Crippen molar-refractivity contribution in [1.29, 1.82) is 5.26 Å². The molecule has 0 bridgehead atoms. The minimum absolute atomic E-state index is 0.0171. The normalized spacial score (nSPS) is 30.5. The summed E-state index contributed by atoms with van der Waals surface area (Å²) >= 11 is 0. The van der Waals surface area contributed by atoms with Crippen molar-refractivity contribution < 1.29 is 34.8 Å². The minimum Gasteiger partial charge on any atom is -0.462 e. The average Bonchev–Trinajstić information content (AvgIpc) is 2.54. The van der Waals surface area contributed by atoms with Gasteiger partial charge in [-0.2, -0.15) is 5.26 Å². The van der Waals surface area contributed by atoms with E-state index in [1.54, 1.807) is 6.07 Å². The summed E-state index contributed by atoms with van der Waals surface area (Å²) < 4.78 is 10.4. The predicted molar refractivity (Wildman–Crippen MR) is 72.2 cm³/mol. The van der Waals surface area contributed by atoms with Gasteiger partial charge in [0.15, 0.2) is 0 Å². The van der Waals surface area contributed by atoms with Crippen LogP contribution in [0.25, 0.3) is 0 Å². The van der Waals surface area contributed by atoms with E-state index < -0.39 is 47.9 Å². The molecule has 0 spiro atoms. The highest BCUT2D eigenvalue weighted by atomic mass is 16.7. The van der Waals surface area contributed by atoms with E-state index in [1.807, 2.05) is 0 Å². The van der Waals surface area contributed by atoms with Gasteiger partial charge in [-0.25, -0.2) is 0 Å². The summed E-state index contributed by atoms with van der Waals surface area (Å²) in [5.74, 6) is -0.0171. The molecular formula is C13H14N2O8. The van der Waals surface area contributed by atoms with Crippen molar-refractivity contribution in [1.82, 2.24) is 0 Å². The number of nitro benzene ring substituents is 1. The highest BCUT2D eigenvalue weighted by molar-refractivity contribution is 5.52. The highest BCUT2D eigenvalue weighted by Gasteiger charge is 2.44. The Kier molecular flexibility index (Phi) is 5.09. The van der Waals surface area contributed by atoms with Crippen LogP contribution in [0.3, 0.4) is 0 Å². The van der Waals surface area contributed by atoms with Crippen molar-refractivity contribution in [2.45, 2.75) is 30.7 Å². The van der Waals surface area contributed by atoms with Crippen LogP contribution < -0.4 is 4.74 Å². The Bertz CT molecular complexity index is 629. The second-order valence-electron chi connectivity index (χ2n) is 4.86. The third-order valence-corrected chi connectivity index (χ3v) is 3.39. The van der Waals surface area contributed by atoms with Crippen molar-refractivity contribution in [2.75, 3.05) is 6.61 Å². The van der Waals surface area contributed by atoms with E-state index in [2.05, 4.69) is 0 Å². The zero-order valence-electron chi connectivity index (χ0n) is 11.6. The van der Waals surface area contributed by atoms with E-state index >= 15 is 0 Å². The maximum absolute atomic E-state index is 10.8. The highest BCUT2D eigenvalue weighted by Crippen LogP contribution is 2.27. The monoisotopic (exact) mass is 326 g/mol. The van der Waals surface area contributed by atoms with Gasteiger partial charge in [0.2, 0.25) is 6.29 Å². The first-order chi connectivity index (χ1) is 10.9. The van der Waals surface area contributed by atoms with Crippen LogP contribution >= 0.6 is 0 Å². The first-order valence-electron chi connectivity index (χ1n) is 6.54. The smallest absolute Gasteiger partial charge is 0.287 e. The number of aliphatic hydroxyl groups excluding tert-OH is 4. The molecule has 23 heavy (non-hydrogen) atoms. The summed E-state index contributed by atoms with van der Waals surface area (Å²) in [7, 11) is 0. The zero-order chi connectivity index (χ0) is 17.1. The number of nitro groups is 1. The quantitative estimate of drug-likeness (QED) is 0.386. The van der Waals surface area contributed by atoms with Gasteiger partial charge in [-0.3, -0.25) is 10.1 Å². The molecule has 124 valence electrons. The lowest BCUT2D eigenvalue weighted by Crippen LogP contribution is -2.60. The maximum Gasteiger partial charge on any atom is 0.287 e. The van der Waals surface area contributed by atoms with Crippen molar-refractivity contribution >= 4 is 5.69 Å². The number of hydrogen-bond acceptors (Lipinski definition) is 9. The first kappa shape index (κ1) is 17.1. The van der Waals surface area contributed by atoms with Crippen LogP contribution in [0.2, 0.25) is 0 Å². The fourth-order valence-electron chi connectivity index (χ4n) is 2.14. The molecule has 1 fully saturated rings. The van der Waals surface area contributed by atoms with Crippen LogP contribution in [-0.4, -0.2) is 62.7 Å². The van der Waals surface area contributed by atoms with Gasteiger partial charge in [-0.05, 0) is 6.07 Å². The summed E-state index contributed by atoms with van der Waals surface area (Å²) in [4.78, 5) is 10.0. The summed E-state index contributed by atoms with van der Waals surface area (Å²) in [6, 6.07) is 4.98. The number of nitriles is 1. The Morgan fingerprint density at radius 1 is 1.30 bits per heavy atom. The molecule has 1 aliphatic heterocycles. The van der Waals surface area contributed by atoms with Gasteiger partial charge in [0.05, 0.1) is 11.5 Å². The summed E-state index contributed by atoms with van der Waals surface area (Å²) in [6.45, 7) is -0.617. The lowest BCUT2D eigenvalue weighted by molar-refractivity contribution is -0.385. The molecule has 1 aromatic rings. The van der Waals surface area contributed by atoms with Crippen molar-refractivity contribution in [3.63, 3.8) is 0 Å². The minimum atomic E-state index is -1.62. The van der Waals surface area contributed by atoms with E-state index in [9.17, 15) is 25.4 Å². The SMILES string of the molecule is N#Cc1cc(OC2OC(CO)C(O)[C@@H](O)C2O)ccc1[N+](=O)[O-]. The average molecular weight is 326 g/mol. The van der Waals surface area contributed by atoms with E-state index in [-0.39, 0.29) is 11.3 Å².